The zero-order valence-corrected chi connectivity index (χ0v) is 9.95. The standard InChI is InChI=1S/C11H13NO6/c1-7-3-4-8(12(15)16)9(5-7)18-10(6-17-2)11(13)14/h3-5,10H,6H2,1-2H3,(H,13,14). The van der Waals surface area contributed by atoms with Gasteiger partial charge in [0.25, 0.3) is 0 Å². The van der Waals surface area contributed by atoms with E-state index >= 15 is 0 Å². The predicted octanol–water partition coefficient (Wildman–Crippen LogP) is 1.38. The summed E-state index contributed by atoms with van der Waals surface area (Å²) in [5, 5.41) is 19.7. The largest absolute Gasteiger partial charge is 0.478 e. The summed E-state index contributed by atoms with van der Waals surface area (Å²) in [4.78, 5) is 21.0. The summed E-state index contributed by atoms with van der Waals surface area (Å²) in [6.07, 6.45) is -1.28. The second-order valence-corrected chi connectivity index (χ2v) is 3.63. The molecule has 7 nitrogen and oxygen atoms in total. The molecule has 0 aliphatic heterocycles. The average molecular weight is 255 g/mol. The number of ether oxygens (including phenoxy) is 2. The van der Waals surface area contributed by atoms with Crippen molar-refractivity contribution < 1.29 is 24.3 Å². The van der Waals surface area contributed by atoms with Crippen molar-refractivity contribution in [3.05, 3.63) is 33.9 Å². The molecule has 1 aromatic rings. The van der Waals surface area contributed by atoms with Gasteiger partial charge in [0, 0.05) is 13.2 Å². The Labute approximate surface area is 103 Å². The molecule has 1 aromatic carbocycles. The van der Waals surface area contributed by atoms with E-state index < -0.39 is 17.0 Å². The summed E-state index contributed by atoms with van der Waals surface area (Å²) in [5.74, 6) is -1.32. The Morgan fingerprint density at radius 2 is 2.22 bits per heavy atom. The van der Waals surface area contributed by atoms with Crippen molar-refractivity contribution in [1.82, 2.24) is 0 Å². The van der Waals surface area contributed by atoms with Gasteiger partial charge in [-0.3, -0.25) is 10.1 Å². The maximum Gasteiger partial charge on any atom is 0.347 e. The Bertz CT molecular complexity index is 459. The first-order chi connectivity index (χ1) is 8.45. The van der Waals surface area contributed by atoms with E-state index in [1.165, 1.54) is 19.2 Å². The zero-order valence-electron chi connectivity index (χ0n) is 9.95. The lowest BCUT2D eigenvalue weighted by Gasteiger charge is -2.14. The molecule has 0 heterocycles. The molecular formula is C11H13NO6. The molecule has 0 amide bonds. The van der Waals surface area contributed by atoms with Crippen molar-refractivity contribution in [2.75, 3.05) is 13.7 Å². The molecule has 18 heavy (non-hydrogen) atoms. The van der Waals surface area contributed by atoms with Crippen LogP contribution in [-0.2, 0) is 9.53 Å². The van der Waals surface area contributed by atoms with Crippen LogP contribution < -0.4 is 4.74 Å². The monoisotopic (exact) mass is 255 g/mol. The van der Waals surface area contributed by atoms with Crippen LogP contribution in [0.15, 0.2) is 18.2 Å². The van der Waals surface area contributed by atoms with Crippen molar-refractivity contribution >= 4 is 11.7 Å². The van der Waals surface area contributed by atoms with E-state index in [0.717, 1.165) is 5.56 Å². The third kappa shape index (κ3) is 3.42. The number of nitro groups is 1. The van der Waals surface area contributed by atoms with E-state index in [0.29, 0.717) is 0 Å². The molecule has 0 fully saturated rings. The van der Waals surface area contributed by atoms with Gasteiger partial charge in [0.2, 0.25) is 6.10 Å². The fourth-order valence-corrected chi connectivity index (χ4v) is 1.33. The SMILES string of the molecule is COCC(Oc1cc(C)ccc1[N+](=O)[O-])C(=O)O. The van der Waals surface area contributed by atoms with Crippen LogP contribution in [0.3, 0.4) is 0 Å². The van der Waals surface area contributed by atoms with Crippen molar-refractivity contribution in [2.45, 2.75) is 13.0 Å². The third-order valence-electron chi connectivity index (χ3n) is 2.17. The van der Waals surface area contributed by atoms with E-state index in [1.54, 1.807) is 13.0 Å². The minimum Gasteiger partial charge on any atom is -0.478 e. The molecule has 0 radical (unpaired) electrons. The summed E-state index contributed by atoms with van der Waals surface area (Å²) < 4.78 is 9.82. The van der Waals surface area contributed by atoms with Crippen LogP contribution in [0.4, 0.5) is 5.69 Å². The predicted molar refractivity (Wildman–Crippen MR) is 61.8 cm³/mol. The topological polar surface area (TPSA) is 98.9 Å². The Hall–Kier alpha value is -2.15. The first-order valence-electron chi connectivity index (χ1n) is 5.09. The van der Waals surface area contributed by atoms with E-state index in [2.05, 4.69) is 0 Å². The maximum atomic E-state index is 10.9. The fourth-order valence-electron chi connectivity index (χ4n) is 1.33. The van der Waals surface area contributed by atoms with E-state index in [9.17, 15) is 14.9 Å². The van der Waals surface area contributed by atoms with Crippen molar-refractivity contribution in [2.24, 2.45) is 0 Å². The highest BCUT2D eigenvalue weighted by Crippen LogP contribution is 2.28. The second kappa shape index (κ2) is 5.97. The zero-order chi connectivity index (χ0) is 13.7. The van der Waals surface area contributed by atoms with Gasteiger partial charge in [-0.05, 0) is 18.6 Å². The number of carboxylic acids is 1. The first-order valence-corrected chi connectivity index (χ1v) is 5.09. The van der Waals surface area contributed by atoms with Crippen molar-refractivity contribution in [3.63, 3.8) is 0 Å². The molecule has 1 atom stereocenters. The lowest BCUT2D eigenvalue weighted by Crippen LogP contribution is -2.31. The van der Waals surface area contributed by atoms with Crippen LogP contribution in [0.2, 0.25) is 0 Å². The van der Waals surface area contributed by atoms with Crippen molar-refractivity contribution in [1.29, 1.82) is 0 Å². The van der Waals surface area contributed by atoms with Gasteiger partial charge in [0.05, 0.1) is 11.5 Å². The molecule has 0 aliphatic rings. The second-order valence-electron chi connectivity index (χ2n) is 3.63. The number of rotatable bonds is 6. The number of hydrogen-bond donors (Lipinski definition) is 1. The average Bonchev–Trinajstić information content (AvgIpc) is 2.28. The van der Waals surface area contributed by atoms with Crippen LogP contribution in [0, 0.1) is 17.0 Å². The molecule has 98 valence electrons. The number of nitrogens with zero attached hydrogens (tertiary/aromatic N) is 1. The molecule has 0 bridgehead atoms. The van der Waals surface area contributed by atoms with Crippen LogP contribution in [-0.4, -0.2) is 35.8 Å². The summed E-state index contributed by atoms with van der Waals surface area (Å²) in [6, 6.07) is 4.25. The van der Waals surface area contributed by atoms with E-state index in [1.807, 2.05) is 0 Å². The highest BCUT2D eigenvalue weighted by molar-refractivity contribution is 5.73. The Morgan fingerprint density at radius 1 is 1.56 bits per heavy atom. The third-order valence-corrected chi connectivity index (χ3v) is 2.17. The number of methoxy groups -OCH3 is 1. The van der Waals surface area contributed by atoms with Gasteiger partial charge >= 0.3 is 11.7 Å². The highest BCUT2D eigenvalue weighted by atomic mass is 16.6. The number of carboxylic acid groups (broad SMARTS) is 1. The smallest absolute Gasteiger partial charge is 0.347 e. The molecule has 1 rings (SSSR count). The maximum absolute atomic E-state index is 10.9. The first kappa shape index (κ1) is 13.9. The Kier molecular flexibility index (Phi) is 4.61. The Balaban J connectivity index is 3.03. The summed E-state index contributed by atoms with van der Waals surface area (Å²) in [6.45, 7) is 1.53. The lowest BCUT2D eigenvalue weighted by molar-refractivity contribution is -0.386. The fraction of sp³-hybridized carbons (Fsp3) is 0.364. The van der Waals surface area contributed by atoms with Crippen LogP contribution in [0.5, 0.6) is 5.75 Å². The number of carbonyl (C=O) groups is 1. The quantitative estimate of drug-likeness (QED) is 0.609. The number of aryl methyl sites for hydroxylation is 1. The van der Waals surface area contributed by atoms with Crippen molar-refractivity contribution in [3.8, 4) is 5.75 Å². The van der Waals surface area contributed by atoms with Crippen LogP contribution >= 0.6 is 0 Å². The van der Waals surface area contributed by atoms with Gasteiger partial charge in [-0.15, -0.1) is 0 Å². The van der Waals surface area contributed by atoms with E-state index in [-0.39, 0.29) is 18.0 Å². The van der Waals surface area contributed by atoms with Gasteiger partial charge in [0.1, 0.15) is 0 Å². The van der Waals surface area contributed by atoms with Gasteiger partial charge < -0.3 is 14.6 Å². The molecule has 0 saturated carbocycles. The van der Waals surface area contributed by atoms with Crippen LogP contribution in [0.25, 0.3) is 0 Å². The molecular weight excluding hydrogens is 242 g/mol. The molecule has 7 heteroatoms. The molecule has 0 aliphatic carbocycles. The number of hydrogen-bond acceptors (Lipinski definition) is 5. The molecule has 0 aromatic heterocycles. The minimum absolute atomic E-state index is 0.0792. The number of aliphatic carboxylic acids is 1. The van der Waals surface area contributed by atoms with E-state index in [4.69, 9.17) is 14.6 Å². The molecule has 0 spiro atoms. The number of benzene rings is 1. The van der Waals surface area contributed by atoms with Gasteiger partial charge in [-0.25, -0.2) is 4.79 Å². The Morgan fingerprint density at radius 3 is 2.72 bits per heavy atom. The molecule has 1 unspecified atom stereocenters. The van der Waals surface area contributed by atoms with Gasteiger partial charge in [0.15, 0.2) is 5.75 Å². The number of nitro benzene ring substituents is 1. The minimum atomic E-state index is -1.28. The van der Waals surface area contributed by atoms with Crippen LogP contribution in [0.1, 0.15) is 5.56 Å². The van der Waals surface area contributed by atoms with Gasteiger partial charge in [-0.2, -0.15) is 0 Å². The summed E-state index contributed by atoms with van der Waals surface area (Å²) in [5.41, 5.74) is 0.458. The summed E-state index contributed by atoms with van der Waals surface area (Å²) in [7, 11) is 1.32. The molecule has 0 saturated heterocycles. The lowest BCUT2D eigenvalue weighted by atomic mass is 10.2. The normalized spacial score (nSPS) is 11.9. The van der Waals surface area contributed by atoms with Gasteiger partial charge in [-0.1, -0.05) is 6.07 Å². The summed E-state index contributed by atoms with van der Waals surface area (Å²) >= 11 is 0. The molecule has 1 N–H and O–H groups in total. The highest BCUT2D eigenvalue weighted by Gasteiger charge is 2.24.